The Labute approximate surface area is 33.6 Å². The first-order chi connectivity index (χ1) is 2.77. The lowest BCUT2D eigenvalue weighted by Gasteiger charge is -1.71. The van der Waals surface area contributed by atoms with E-state index >= 15 is 0 Å². The normalized spacial score (nSPS) is 6.00. The summed E-state index contributed by atoms with van der Waals surface area (Å²) in [4.78, 5) is 11.6. The van der Waals surface area contributed by atoms with Gasteiger partial charge in [0.1, 0.15) is 0 Å². The van der Waals surface area contributed by atoms with Gasteiger partial charge in [0.15, 0.2) is 5.97 Å². The topological polar surface area (TPSA) is 78.1 Å². The number of carboxylic acid groups (broad SMARTS) is 1. The van der Waals surface area contributed by atoms with Gasteiger partial charge in [0.2, 0.25) is 0 Å². The van der Waals surface area contributed by atoms with Gasteiger partial charge in [-0.1, -0.05) is 0 Å². The molecule has 0 atom stereocenters. The van der Waals surface area contributed by atoms with Crippen molar-refractivity contribution in [3.8, 4) is 0 Å². The van der Waals surface area contributed by atoms with E-state index in [0.717, 1.165) is 0 Å². The highest BCUT2D eigenvalue weighted by Crippen LogP contribution is 1.30. The highest BCUT2D eigenvalue weighted by atomic mass is 16.4. The van der Waals surface area contributed by atoms with E-state index in [4.69, 9.17) is 5.53 Å². The Hall–Kier alpha value is -1.15. The molecular formula is C2H2N2O2. The third kappa shape index (κ3) is 2.85. The summed E-state index contributed by atoms with van der Waals surface area (Å²) in [7, 11) is 0. The van der Waals surface area contributed by atoms with Gasteiger partial charge in [0.05, 0.1) is 5.53 Å². The fourth-order valence-corrected chi connectivity index (χ4v) is 0.0527. The Kier molecular flexibility index (Phi) is 1.71. The number of aliphatic carboxylic acids is 1. The zero-order chi connectivity index (χ0) is 4.99. The van der Waals surface area contributed by atoms with Crippen molar-refractivity contribution in [1.82, 2.24) is 0 Å². The molecule has 32 valence electrons. The minimum atomic E-state index is -1.44. The maximum atomic E-state index is 9.22. The monoisotopic (exact) mass is 86.0 g/mol. The number of hydrogen-bond donors (Lipinski definition) is 1. The lowest BCUT2D eigenvalue weighted by Crippen LogP contribution is -2.23. The number of carbonyl (C=O) groups excluding carboxylic acids is 1. The van der Waals surface area contributed by atoms with E-state index in [9.17, 15) is 9.90 Å². The predicted molar refractivity (Wildman–Crippen MR) is 14.1 cm³/mol. The Bertz CT molecular complexity index is 102. The van der Waals surface area contributed by atoms with Crippen molar-refractivity contribution in [2.45, 2.75) is 0 Å². The largest absolute Gasteiger partial charge is 0.539 e. The number of nitrogens with one attached hydrogen (secondary N) is 1. The molecule has 0 heterocycles. The quantitative estimate of drug-likeness (QED) is 0.228. The molecule has 0 radical (unpaired) electrons. The van der Waals surface area contributed by atoms with Gasteiger partial charge >= 0.3 is 6.21 Å². The van der Waals surface area contributed by atoms with Crippen LogP contribution in [0.3, 0.4) is 0 Å². The number of carbonyl (C=O) groups is 1. The van der Waals surface area contributed by atoms with E-state index in [1.807, 2.05) is 0 Å². The van der Waals surface area contributed by atoms with Crippen LogP contribution in [-0.4, -0.2) is 17.0 Å². The molecule has 6 heavy (non-hydrogen) atoms. The standard InChI is InChI=1S/C2H2N2O2/c3-4-1-2(5)6/h1,3H. The van der Waals surface area contributed by atoms with Crippen molar-refractivity contribution in [1.29, 1.82) is 5.53 Å². The van der Waals surface area contributed by atoms with Crippen molar-refractivity contribution >= 4 is 12.2 Å². The molecule has 0 unspecified atom stereocenters. The van der Waals surface area contributed by atoms with E-state index in [0.29, 0.717) is 6.21 Å². The smallest absolute Gasteiger partial charge is 0.352 e. The minimum absolute atomic E-state index is 0.389. The molecule has 1 N–H and O–H groups in total. The Balaban J connectivity index is 3.60. The summed E-state index contributed by atoms with van der Waals surface area (Å²) in [6, 6.07) is 0. The zero-order valence-electron chi connectivity index (χ0n) is 2.84. The average molecular weight is 86.0 g/mol. The molecule has 0 saturated carbocycles. The fourth-order valence-electron chi connectivity index (χ4n) is 0.0527. The van der Waals surface area contributed by atoms with Gasteiger partial charge in [0, 0.05) is 4.79 Å². The second kappa shape index (κ2) is 2.11. The van der Waals surface area contributed by atoms with Gasteiger partial charge in [-0.15, -0.1) is 0 Å². The zero-order valence-corrected chi connectivity index (χ0v) is 2.84. The van der Waals surface area contributed by atoms with Gasteiger partial charge in [-0.25, -0.2) is 0 Å². The molecule has 0 saturated heterocycles. The summed E-state index contributed by atoms with van der Waals surface area (Å²) in [5.41, 5.74) is 5.88. The van der Waals surface area contributed by atoms with Crippen LogP contribution in [0.5, 0.6) is 0 Å². The van der Waals surface area contributed by atoms with Gasteiger partial charge in [0.25, 0.3) is 0 Å². The average Bonchev–Trinajstić information content (AvgIpc) is 1.35. The summed E-state index contributed by atoms with van der Waals surface area (Å²) >= 11 is 0. The molecule has 0 amide bonds. The van der Waals surface area contributed by atoms with Crippen LogP contribution in [0.1, 0.15) is 0 Å². The highest BCUT2D eigenvalue weighted by Gasteiger charge is 1.76. The van der Waals surface area contributed by atoms with Crippen molar-refractivity contribution in [2.24, 2.45) is 0 Å². The van der Waals surface area contributed by atoms with Gasteiger partial charge in [-0.3, -0.25) is 0 Å². The molecular weight excluding hydrogens is 84.0 g/mol. The predicted octanol–water partition coefficient (Wildman–Crippen LogP) is -1.95. The third-order valence-corrected chi connectivity index (χ3v) is 0.170. The molecule has 0 aliphatic heterocycles. The summed E-state index contributed by atoms with van der Waals surface area (Å²) in [6.45, 7) is 0. The van der Waals surface area contributed by atoms with E-state index in [2.05, 4.69) is 4.79 Å². The molecule has 0 aliphatic rings. The lowest BCUT2D eigenvalue weighted by atomic mass is 10.8. The second-order valence-electron chi connectivity index (χ2n) is 0.577. The van der Waals surface area contributed by atoms with Crippen LogP contribution in [-0.2, 0) is 4.79 Å². The molecule has 0 aromatic rings. The van der Waals surface area contributed by atoms with Crippen LogP contribution in [0.2, 0.25) is 0 Å². The van der Waals surface area contributed by atoms with Crippen molar-refractivity contribution in [3.05, 3.63) is 0 Å². The number of nitrogens with zero attached hydrogens (tertiary/aromatic N) is 1. The van der Waals surface area contributed by atoms with E-state index < -0.39 is 5.97 Å². The van der Waals surface area contributed by atoms with Crippen LogP contribution >= 0.6 is 0 Å². The molecule has 0 spiro atoms. The van der Waals surface area contributed by atoms with Crippen molar-refractivity contribution in [3.63, 3.8) is 0 Å². The van der Waals surface area contributed by atoms with Crippen LogP contribution in [0.15, 0.2) is 0 Å². The maximum Gasteiger partial charge on any atom is 0.352 e. The summed E-state index contributed by atoms with van der Waals surface area (Å²) in [5, 5.41) is 9.22. The molecule has 0 fully saturated rings. The van der Waals surface area contributed by atoms with E-state index in [1.165, 1.54) is 0 Å². The second-order valence-corrected chi connectivity index (χ2v) is 0.577. The minimum Gasteiger partial charge on any atom is -0.539 e. The van der Waals surface area contributed by atoms with Crippen LogP contribution in [0, 0.1) is 5.53 Å². The Morgan fingerprint density at radius 2 is 2.50 bits per heavy atom. The molecule has 0 bridgehead atoms. The summed E-state index contributed by atoms with van der Waals surface area (Å²) in [6.07, 6.45) is 0.389. The SMILES string of the molecule is N=[N+]=CC(=O)[O-]. The van der Waals surface area contributed by atoms with Crippen LogP contribution in [0.4, 0.5) is 0 Å². The van der Waals surface area contributed by atoms with E-state index in [-0.39, 0.29) is 0 Å². The number of hydrogen-bond acceptors (Lipinski definition) is 3. The Morgan fingerprint density at radius 1 is 2.00 bits per heavy atom. The first kappa shape index (κ1) is 4.85. The van der Waals surface area contributed by atoms with Crippen LogP contribution < -0.4 is 5.11 Å². The molecule has 0 aliphatic carbocycles. The van der Waals surface area contributed by atoms with E-state index in [1.54, 1.807) is 0 Å². The maximum absolute atomic E-state index is 9.22. The van der Waals surface area contributed by atoms with Gasteiger partial charge in [-0.2, -0.15) is 0 Å². The van der Waals surface area contributed by atoms with Crippen LogP contribution in [0.25, 0.3) is 0 Å². The number of rotatable bonds is 1. The molecule has 0 aromatic heterocycles. The van der Waals surface area contributed by atoms with Crippen molar-refractivity contribution < 1.29 is 14.7 Å². The van der Waals surface area contributed by atoms with Gasteiger partial charge in [-0.05, 0) is 0 Å². The first-order valence-corrected chi connectivity index (χ1v) is 1.18. The molecule has 0 aromatic carbocycles. The molecule has 0 rings (SSSR count). The summed E-state index contributed by atoms with van der Waals surface area (Å²) in [5.74, 6) is -1.44. The lowest BCUT2D eigenvalue weighted by molar-refractivity contribution is -0.297. The first-order valence-electron chi connectivity index (χ1n) is 1.18. The molecule has 4 nitrogen and oxygen atoms in total. The van der Waals surface area contributed by atoms with Gasteiger partial charge < -0.3 is 9.90 Å². The number of carboxylic acids is 1. The summed E-state index contributed by atoms with van der Waals surface area (Å²) < 4.78 is 0. The van der Waals surface area contributed by atoms with Crippen molar-refractivity contribution in [2.75, 3.05) is 0 Å². The Morgan fingerprint density at radius 3 is 2.50 bits per heavy atom. The molecule has 4 heteroatoms. The fraction of sp³-hybridized carbons (Fsp3) is 0. The third-order valence-electron chi connectivity index (χ3n) is 0.170. The highest BCUT2D eigenvalue weighted by molar-refractivity contribution is 6.18.